The number of rotatable bonds is 5. The Morgan fingerprint density at radius 1 is 1.41 bits per heavy atom. The molecule has 0 saturated carbocycles. The van der Waals surface area contributed by atoms with Crippen molar-refractivity contribution in [2.24, 2.45) is 0 Å². The molecule has 0 fully saturated rings. The molecule has 120 valence electrons. The minimum Gasteiger partial charge on any atom is -0.351 e. The number of alkyl halides is 3. The van der Waals surface area contributed by atoms with Gasteiger partial charge in [0.2, 0.25) is 11.8 Å². The number of nitrogens with zero attached hydrogens (tertiary/aromatic N) is 1. The van der Waals surface area contributed by atoms with Gasteiger partial charge in [0.05, 0.1) is 10.6 Å². The number of benzene rings is 1. The fraction of sp³-hybridized carbons (Fsp3) is 0.286. The first kappa shape index (κ1) is 18.0. The zero-order valence-electron chi connectivity index (χ0n) is 11.7. The highest BCUT2D eigenvalue weighted by atomic mass is 35.5. The van der Waals surface area contributed by atoms with Gasteiger partial charge in [-0.25, -0.2) is 0 Å². The molecule has 0 aliphatic carbocycles. The van der Waals surface area contributed by atoms with Crippen LogP contribution in [0.5, 0.6) is 0 Å². The van der Waals surface area contributed by atoms with Crippen LogP contribution in [-0.2, 0) is 15.8 Å². The second kappa shape index (κ2) is 7.31. The van der Waals surface area contributed by atoms with Gasteiger partial charge < -0.3 is 10.2 Å². The Morgan fingerprint density at radius 2 is 2.05 bits per heavy atom. The van der Waals surface area contributed by atoms with Gasteiger partial charge >= 0.3 is 6.18 Å². The first-order chi connectivity index (χ1) is 10.2. The molecule has 2 amide bonds. The van der Waals surface area contributed by atoms with Crippen LogP contribution >= 0.6 is 11.6 Å². The van der Waals surface area contributed by atoms with Crippen molar-refractivity contribution in [1.29, 1.82) is 0 Å². The van der Waals surface area contributed by atoms with Crippen molar-refractivity contribution in [1.82, 2.24) is 5.32 Å². The molecule has 0 aliphatic rings. The summed E-state index contributed by atoms with van der Waals surface area (Å²) in [5.41, 5.74) is -1.12. The minimum atomic E-state index is -4.65. The third-order valence-corrected chi connectivity index (χ3v) is 3.02. The first-order valence-corrected chi connectivity index (χ1v) is 6.57. The van der Waals surface area contributed by atoms with Gasteiger partial charge in [0.15, 0.2) is 0 Å². The summed E-state index contributed by atoms with van der Waals surface area (Å²) in [6.07, 6.45) is -3.21. The first-order valence-electron chi connectivity index (χ1n) is 6.19. The van der Waals surface area contributed by atoms with E-state index in [1.165, 1.54) is 12.1 Å². The maximum atomic E-state index is 12.8. The minimum absolute atomic E-state index is 0.0574. The standard InChI is InChI=1S/C14H14ClF3N2O2/c1-3-6-19-13(22)8-20(9(2)21)10-4-5-12(15)11(7-10)14(16,17)18/h3-5,7H,1,6,8H2,2H3,(H,19,22). The second-order valence-electron chi connectivity index (χ2n) is 4.36. The zero-order valence-corrected chi connectivity index (χ0v) is 12.5. The molecule has 0 atom stereocenters. The smallest absolute Gasteiger partial charge is 0.351 e. The van der Waals surface area contributed by atoms with Gasteiger partial charge in [-0.15, -0.1) is 6.58 Å². The average molecular weight is 335 g/mol. The van der Waals surface area contributed by atoms with Crippen molar-refractivity contribution in [2.75, 3.05) is 18.0 Å². The largest absolute Gasteiger partial charge is 0.417 e. The molecule has 22 heavy (non-hydrogen) atoms. The number of hydrogen-bond acceptors (Lipinski definition) is 2. The van der Waals surface area contributed by atoms with Crippen LogP contribution in [0.2, 0.25) is 5.02 Å². The Balaban J connectivity index is 3.09. The lowest BCUT2D eigenvalue weighted by Crippen LogP contribution is -2.40. The maximum absolute atomic E-state index is 12.8. The lowest BCUT2D eigenvalue weighted by molar-refractivity contribution is -0.137. The fourth-order valence-corrected chi connectivity index (χ4v) is 1.89. The van der Waals surface area contributed by atoms with Crippen LogP contribution in [0, 0.1) is 0 Å². The van der Waals surface area contributed by atoms with E-state index in [0.717, 1.165) is 24.0 Å². The zero-order chi connectivity index (χ0) is 16.9. The summed E-state index contributed by atoms with van der Waals surface area (Å²) >= 11 is 5.53. The predicted molar refractivity (Wildman–Crippen MR) is 77.7 cm³/mol. The van der Waals surface area contributed by atoms with E-state index in [-0.39, 0.29) is 12.2 Å². The molecule has 1 aromatic carbocycles. The van der Waals surface area contributed by atoms with Crippen molar-refractivity contribution in [3.05, 3.63) is 41.4 Å². The van der Waals surface area contributed by atoms with Crippen LogP contribution in [0.3, 0.4) is 0 Å². The second-order valence-corrected chi connectivity index (χ2v) is 4.77. The maximum Gasteiger partial charge on any atom is 0.417 e. The van der Waals surface area contributed by atoms with E-state index in [4.69, 9.17) is 11.6 Å². The molecule has 0 unspecified atom stereocenters. The van der Waals surface area contributed by atoms with E-state index in [9.17, 15) is 22.8 Å². The van der Waals surface area contributed by atoms with Gasteiger partial charge in [0.1, 0.15) is 6.54 Å². The summed E-state index contributed by atoms with van der Waals surface area (Å²) in [5.74, 6) is -1.08. The third kappa shape index (κ3) is 4.77. The van der Waals surface area contributed by atoms with Gasteiger partial charge in [-0.1, -0.05) is 17.7 Å². The number of halogens is 4. The lowest BCUT2D eigenvalue weighted by atomic mass is 10.1. The van der Waals surface area contributed by atoms with Crippen molar-refractivity contribution in [3.63, 3.8) is 0 Å². The Bertz CT molecular complexity index is 588. The Hall–Kier alpha value is -2.02. The van der Waals surface area contributed by atoms with E-state index >= 15 is 0 Å². The molecule has 0 radical (unpaired) electrons. The number of nitrogens with one attached hydrogen (secondary N) is 1. The van der Waals surface area contributed by atoms with Crippen LogP contribution in [0.4, 0.5) is 18.9 Å². The van der Waals surface area contributed by atoms with E-state index < -0.39 is 35.1 Å². The monoisotopic (exact) mass is 334 g/mol. The number of carbonyl (C=O) groups excluding carboxylic acids is 2. The average Bonchev–Trinajstić information content (AvgIpc) is 2.41. The molecule has 1 rings (SSSR count). The fourth-order valence-electron chi connectivity index (χ4n) is 1.67. The molecule has 0 saturated heterocycles. The summed E-state index contributed by atoms with van der Waals surface area (Å²) in [6, 6.07) is 3.03. The summed E-state index contributed by atoms with van der Waals surface area (Å²) in [4.78, 5) is 24.2. The van der Waals surface area contributed by atoms with Gasteiger partial charge in [0.25, 0.3) is 0 Å². The van der Waals surface area contributed by atoms with Crippen LogP contribution in [0.1, 0.15) is 12.5 Å². The number of anilines is 1. The molecule has 8 heteroatoms. The van der Waals surface area contributed by atoms with Gasteiger partial charge in [-0.3, -0.25) is 9.59 Å². The van der Waals surface area contributed by atoms with E-state index in [2.05, 4.69) is 11.9 Å². The molecule has 1 aromatic rings. The molecule has 0 heterocycles. The highest BCUT2D eigenvalue weighted by Gasteiger charge is 2.34. The van der Waals surface area contributed by atoms with E-state index in [1.807, 2.05) is 0 Å². The molecule has 0 spiro atoms. The van der Waals surface area contributed by atoms with Crippen LogP contribution in [0.25, 0.3) is 0 Å². The highest BCUT2D eigenvalue weighted by Crippen LogP contribution is 2.36. The quantitative estimate of drug-likeness (QED) is 0.841. The van der Waals surface area contributed by atoms with Gasteiger partial charge in [-0.05, 0) is 18.2 Å². The molecule has 1 N–H and O–H groups in total. The number of hydrogen-bond donors (Lipinski definition) is 1. The number of carbonyl (C=O) groups is 2. The van der Waals surface area contributed by atoms with Crippen molar-refractivity contribution in [3.8, 4) is 0 Å². The van der Waals surface area contributed by atoms with E-state index in [1.54, 1.807) is 0 Å². The Labute approximate surface area is 130 Å². The lowest BCUT2D eigenvalue weighted by Gasteiger charge is -2.22. The molecule has 0 bridgehead atoms. The van der Waals surface area contributed by atoms with Crippen molar-refractivity contribution >= 4 is 29.1 Å². The van der Waals surface area contributed by atoms with Crippen LogP contribution < -0.4 is 10.2 Å². The highest BCUT2D eigenvalue weighted by molar-refractivity contribution is 6.31. The summed E-state index contributed by atoms with van der Waals surface area (Å²) in [5, 5.41) is 1.97. The van der Waals surface area contributed by atoms with Crippen LogP contribution in [-0.4, -0.2) is 24.9 Å². The molecule has 4 nitrogen and oxygen atoms in total. The SMILES string of the molecule is C=CCNC(=O)CN(C(C)=O)c1ccc(Cl)c(C(F)(F)F)c1. The molecule has 0 aliphatic heterocycles. The number of amides is 2. The topological polar surface area (TPSA) is 49.4 Å². The van der Waals surface area contributed by atoms with E-state index in [0.29, 0.717) is 0 Å². The molecule has 0 aromatic heterocycles. The normalized spacial score (nSPS) is 11.0. The van der Waals surface area contributed by atoms with Crippen molar-refractivity contribution in [2.45, 2.75) is 13.1 Å². The van der Waals surface area contributed by atoms with Crippen molar-refractivity contribution < 1.29 is 22.8 Å². The summed E-state index contributed by atoms with van der Waals surface area (Å²) < 4.78 is 38.5. The molecular weight excluding hydrogens is 321 g/mol. The summed E-state index contributed by atoms with van der Waals surface area (Å²) in [6.45, 7) is 4.37. The van der Waals surface area contributed by atoms with Gasteiger partial charge in [-0.2, -0.15) is 13.2 Å². The molecular formula is C14H14ClF3N2O2. The Morgan fingerprint density at radius 3 is 2.55 bits per heavy atom. The van der Waals surface area contributed by atoms with Crippen LogP contribution in [0.15, 0.2) is 30.9 Å². The van der Waals surface area contributed by atoms with Gasteiger partial charge in [0, 0.05) is 19.2 Å². The Kier molecular flexibility index (Phi) is 5.99. The summed E-state index contributed by atoms with van der Waals surface area (Å²) in [7, 11) is 0. The predicted octanol–water partition coefficient (Wildman–Crippen LogP) is 3.01. The third-order valence-electron chi connectivity index (χ3n) is 2.69.